The van der Waals surface area contributed by atoms with Gasteiger partial charge in [-0.1, -0.05) is 48.5 Å². The maximum atomic E-state index is 13.7. The molecule has 24 heteroatoms. The molecule has 0 saturated heterocycles. The molecule has 0 aliphatic rings. The Hall–Kier alpha value is -2.51. The number of hydrogen-bond donors (Lipinski definition) is 1. The van der Waals surface area contributed by atoms with E-state index >= 15 is 0 Å². The number of alkyl halides is 6. The molecule has 0 aliphatic carbocycles. The van der Waals surface area contributed by atoms with Crippen molar-refractivity contribution in [2.75, 3.05) is 20.1 Å². The van der Waals surface area contributed by atoms with E-state index in [9.17, 15) is 61.9 Å². The molecule has 64 heavy (non-hydrogen) atoms. The van der Waals surface area contributed by atoms with Crippen molar-refractivity contribution < 1.29 is 97.7 Å². The Kier molecular flexibility index (Phi) is 21.6. The first-order valence-electron chi connectivity index (χ1n) is 17.8. The van der Waals surface area contributed by atoms with Crippen LogP contribution in [0.1, 0.15) is 65.1 Å². The number of carbonyl (C=O) groups excluding carboxylic acids is 1. The van der Waals surface area contributed by atoms with E-state index < -0.39 is 74.4 Å². The minimum absolute atomic E-state index is 0. The molecule has 6 rings (SSSR count). The van der Waals surface area contributed by atoms with E-state index in [1.807, 2.05) is 0 Å². The van der Waals surface area contributed by atoms with Crippen LogP contribution < -0.4 is 44.5 Å². The number of thiophene rings is 2. The number of benzene rings is 4. The van der Waals surface area contributed by atoms with Gasteiger partial charge in [0.2, 0.25) is 20.0 Å². The van der Waals surface area contributed by atoms with Gasteiger partial charge in [0.15, 0.2) is 6.29 Å². The van der Waals surface area contributed by atoms with Crippen LogP contribution in [0.4, 0.5) is 45.1 Å². The maximum absolute atomic E-state index is 13.7. The number of sulfonamides is 2. The Bertz CT molecular complexity index is 2760. The smallest absolute Gasteiger partial charge is 1.00 e. The van der Waals surface area contributed by atoms with Crippen LogP contribution in [0.5, 0.6) is 0 Å². The molecule has 0 spiro atoms. The predicted molar refractivity (Wildman–Crippen MR) is 240 cm³/mol. The standard InChI is InChI=1S/C20H19F4NO3S2.C19H15F4NO3S2.CH3.BI2.Li/c1-3-30(27,28)25(11-13-8-9-16(21)15(10-13)20(22,23)24)19-18(12(2)26)14-6-4-5-7-17(14)29-19;1-2-29(26,27)24(10-12-7-8-16(20)15(9-12)19(21,22)23)18-14(11-25)13-5-3-4-6-17(13)28-18;;1-3-2;/h4-10,12,26H,3,11H2,1-2H3;3-9,11H,2,10H2,1H3;1H3;;/q;;2*-1;+1/i2-1;;1-1;;. The van der Waals surface area contributed by atoms with Crippen LogP contribution >= 0.6 is 41.3 Å². The topological polar surface area (TPSA) is 112 Å². The zero-order valence-electron chi connectivity index (χ0n) is 34.4. The summed E-state index contributed by atoms with van der Waals surface area (Å²) in [5, 5.41) is 11.9. The van der Waals surface area contributed by atoms with Crippen molar-refractivity contribution in [3.8, 4) is 0 Å². The average Bonchev–Trinajstić information content (AvgIpc) is 3.78. The van der Waals surface area contributed by atoms with E-state index in [4.69, 9.17) is 5.70 Å². The molecule has 1 N–H and O–H groups in total. The molecule has 0 bridgehead atoms. The van der Waals surface area contributed by atoms with Crippen LogP contribution in [-0.2, 0) is 45.5 Å². The molecule has 1 atom stereocenters. The monoisotopic (exact) mass is 1190 g/mol. The van der Waals surface area contributed by atoms with Gasteiger partial charge in [-0.05, 0) is 68.3 Å². The number of anilines is 2. The molecule has 2 radical (unpaired) electrons. The van der Waals surface area contributed by atoms with Crippen LogP contribution in [0.25, 0.3) is 20.2 Å². The summed E-state index contributed by atoms with van der Waals surface area (Å²) in [4.78, 5) is 11.7. The molecule has 8 nitrogen and oxygen atoms in total. The molecular weight excluding hydrogens is 1150 g/mol. The number of rotatable bonds is 12. The van der Waals surface area contributed by atoms with Gasteiger partial charge in [0.1, 0.15) is 21.6 Å². The number of halogens is 10. The fraction of sp³-hybridized carbons (Fsp3) is 0.250. The van der Waals surface area contributed by atoms with Crippen molar-refractivity contribution in [2.45, 2.75) is 52.3 Å². The largest absolute Gasteiger partial charge is 1.00 e. The van der Waals surface area contributed by atoms with Gasteiger partial charge in [-0.15, -0.1) is 22.7 Å². The second-order valence-electron chi connectivity index (χ2n) is 12.9. The van der Waals surface area contributed by atoms with Crippen LogP contribution in [-0.4, -0.2) is 45.4 Å². The number of aliphatic hydroxyl groups excluding tert-OH is 1. The first-order valence-corrected chi connectivity index (χ1v) is 30.2. The van der Waals surface area contributed by atoms with E-state index in [0.29, 0.717) is 51.6 Å². The molecule has 1 unspecified atom stereocenters. The van der Waals surface area contributed by atoms with Gasteiger partial charge in [-0.25, -0.2) is 25.6 Å². The van der Waals surface area contributed by atoms with Gasteiger partial charge < -0.3 is 12.5 Å². The van der Waals surface area contributed by atoms with Gasteiger partial charge in [0.05, 0.1) is 47.4 Å². The van der Waals surface area contributed by atoms with Gasteiger partial charge in [-0.2, -0.15) is 26.3 Å². The number of aliphatic hydroxyl groups is 1. The molecule has 0 saturated carbocycles. The molecule has 0 amide bonds. The van der Waals surface area contributed by atoms with Gasteiger partial charge in [0, 0.05) is 25.7 Å². The molecule has 342 valence electrons. The third kappa shape index (κ3) is 13.8. The molecule has 2 aromatic heterocycles. The summed E-state index contributed by atoms with van der Waals surface area (Å²) < 4.78 is 160. The van der Waals surface area contributed by atoms with Crippen molar-refractivity contribution >= 4 is 103 Å². The summed E-state index contributed by atoms with van der Waals surface area (Å²) in [6.45, 7) is 3.42. The van der Waals surface area contributed by atoms with E-state index in [2.05, 4.69) is 18.6 Å². The summed E-state index contributed by atoms with van der Waals surface area (Å²) in [6, 6.07) is 18.6. The molecule has 6 aromatic rings. The Morgan fingerprint density at radius 1 is 0.734 bits per heavy atom. The van der Waals surface area contributed by atoms with E-state index in [0.717, 1.165) is 48.1 Å². The van der Waals surface area contributed by atoms with Crippen molar-refractivity contribution in [2.24, 2.45) is 0 Å². The minimum atomic E-state index is -4.92. The summed E-state index contributed by atoms with van der Waals surface area (Å²) >= 11 is 4.41. The number of carbonyl (C=O) groups is 1. The zero-order valence-corrected chi connectivity index (χ0v) is 42.0. The van der Waals surface area contributed by atoms with Crippen LogP contribution in [0, 0.1) is 19.1 Å². The quantitative estimate of drug-likeness (QED) is 0.0558. The summed E-state index contributed by atoms with van der Waals surface area (Å²) in [7, 11) is -7.86. The molecular formula is C40H37BF8I2LiN2O6S4-. The Morgan fingerprint density at radius 3 is 1.50 bits per heavy atom. The number of aldehydes is 1. The first-order chi connectivity index (χ1) is 28.9. The first kappa shape index (κ1) is 57.6. The third-order valence-corrected chi connectivity index (χ3v) is 15.0. The van der Waals surface area contributed by atoms with E-state index in [1.165, 1.54) is 20.8 Å². The van der Waals surface area contributed by atoms with Gasteiger partial charge in [0.25, 0.3) is 0 Å². The van der Waals surface area contributed by atoms with Crippen LogP contribution in [0.15, 0.2) is 84.9 Å². The summed E-state index contributed by atoms with van der Waals surface area (Å²) in [5.41, 5.74) is 2.46. The van der Waals surface area contributed by atoms with Crippen molar-refractivity contribution in [3.63, 3.8) is 0 Å². The Morgan fingerprint density at radius 2 is 1.11 bits per heavy atom. The second kappa shape index (κ2) is 24.0. The Balaban J connectivity index is 0.000000403. The van der Waals surface area contributed by atoms with Gasteiger partial charge in [-0.3, -0.25) is 13.4 Å². The molecule has 4 aromatic carbocycles. The van der Waals surface area contributed by atoms with Crippen LogP contribution in [0.2, 0.25) is 0 Å². The fourth-order valence-electron chi connectivity index (χ4n) is 6.01. The van der Waals surface area contributed by atoms with Gasteiger partial charge >= 0.3 is 72.5 Å². The average molecular weight is 1190 g/mol. The van der Waals surface area contributed by atoms with Crippen molar-refractivity contribution in [1.29, 1.82) is 0 Å². The minimum Gasteiger partial charge on any atom is 1.00 e. The third-order valence-electron chi connectivity index (χ3n) is 8.94. The summed E-state index contributed by atoms with van der Waals surface area (Å²) in [5.74, 6) is -3.50. The second-order valence-corrected chi connectivity index (χ2v) is 23.0. The maximum Gasteiger partial charge on any atom is 1.00 e. The molecule has 2 heterocycles. The van der Waals surface area contributed by atoms with Crippen molar-refractivity contribution in [3.05, 3.63) is 137 Å². The normalized spacial score (nSPS) is 12.3. The molecule has 0 aliphatic heterocycles. The SMILES string of the molecule is CCS(=O)(=O)N(Cc1ccc(F)c(C(F)(F)F)c1)c1sc2ccccc2c1C([11CH3])O.CCS(=O)(=O)N(Cc1ccc(F)c(C(F)(F)F)c1)c1sc2ccccc2c1C=O.[11CH3-].[B][I-]I.[Li+]. The van der Waals surface area contributed by atoms with Crippen molar-refractivity contribution in [1.82, 2.24) is 0 Å². The van der Waals surface area contributed by atoms with E-state index in [-0.39, 0.29) is 81.5 Å². The van der Waals surface area contributed by atoms with E-state index in [1.54, 1.807) is 48.5 Å². The molecule has 0 fully saturated rings. The summed E-state index contributed by atoms with van der Waals surface area (Å²) in [6.07, 6.45) is -10.3. The Labute approximate surface area is 407 Å². The predicted octanol–water partition coefficient (Wildman–Crippen LogP) is 5.66. The number of nitrogens with zero attached hydrogens (tertiary/aromatic N) is 2. The number of fused-ring (bicyclic) bond motifs is 2. The zero-order chi connectivity index (χ0) is 46.4. The van der Waals surface area contributed by atoms with Crippen LogP contribution in [0.3, 0.4) is 0 Å². The number of hydrogen-bond acceptors (Lipinski definition) is 8. The fourth-order valence-corrected chi connectivity index (χ4v) is 11.2.